The molecule has 0 aliphatic heterocycles. The molecule has 0 amide bonds. The zero-order valence-electron chi connectivity index (χ0n) is 5.02. The molecule has 0 spiro atoms. The maximum atomic E-state index is 10.3. The fourth-order valence-electron chi connectivity index (χ4n) is 0.585. The maximum absolute atomic E-state index is 10.3. The van der Waals surface area contributed by atoms with Crippen LogP contribution in [0.2, 0.25) is 0 Å². The van der Waals surface area contributed by atoms with E-state index in [0.29, 0.717) is 5.56 Å². The Balaban J connectivity index is 0.000001000. The van der Waals surface area contributed by atoms with E-state index in [0.717, 1.165) is 0 Å². The SMILES string of the molecule is O=S(=O)(O)Cc1ccsc1.[NaH]. The van der Waals surface area contributed by atoms with Crippen LogP contribution in [0.25, 0.3) is 0 Å². The zero-order chi connectivity index (χ0) is 7.61. The molecule has 0 aromatic carbocycles. The van der Waals surface area contributed by atoms with Gasteiger partial charge in [0.1, 0.15) is 5.75 Å². The van der Waals surface area contributed by atoms with Crippen LogP contribution in [0, 0.1) is 0 Å². The van der Waals surface area contributed by atoms with Crippen molar-refractivity contribution in [3.05, 3.63) is 22.4 Å². The molecule has 0 saturated heterocycles. The average molecular weight is 202 g/mol. The van der Waals surface area contributed by atoms with Crippen molar-refractivity contribution in [2.24, 2.45) is 0 Å². The van der Waals surface area contributed by atoms with Crippen LogP contribution in [0.4, 0.5) is 0 Å². The van der Waals surface area contributed by atoms with E-state index < -0.39 is 10.1 Å². The molecule has 0 aliphatic rings. The standard InChI is InChI=1S/C5H6O3S2.Na.H/c6-10(7,8)4-5-1-2-9-3-5;;/h1-3H,4H2,(H,6,7,8);;. The van der Waals surface area contributed by atoms with E-state index in [1.165, 1.54) is 11.3 Å². The predicted molar refractivity (Wildman–Crippen MR) is 46.7 cm³/mol. The van der Waals surface area contributed by atoms with Crippen LogP contribution < -0.4 is 0 Å². The molecule has 0 unspecified atom stereocenters. The first-order valence-electron chi connectivity index (χ1n) is 2.54. The van der Waals surface area contributed by atoms with Gasteiger partial charge in [-0.3, -0.25) is 4.55 Å². The van der Waals surface area contributed by atoms with E-state index in [1.54, 1.807) is 16.8 Å². The molecule has 0 bridgehead atoms. The first-order valence-corrected chi connectivity index (χ1v) is 5.09. The number of hydrogen-bond donors (Lipinski definition) is 1. The van der Waals surface area contributed by atoms with Crippen LogP contribution in [0.1, 0.15) is 5.56 Å². The third kappa shape index (κ3) is 4.95. The Morgan fingerprint density at radius 2 is 2.18 bits per heavy atom. The van der Waals surface area contributed by atoms with Crippen molar-refractivity contribution in [3.8, 4) is 0 Å². The van der Waals surface area contributed by atoms with E-state index in [9.17, 15) is 8.42 Å². The summed E-state index contributed by atoms with van der Waals surface area (Å²) in [5.74, 6) is -0.281. The molecular weight excluding hydrogens is 195 g/mol. The molecular formula is C5H7NaO3S2. The molecule has 1 heterocycles. The van der Waals surface area contributed by atoms with Crippen LogP contribution in [0.5, 0.6) is 0 Å². The summed E-state index contributed by atoms with van der Waals surface area (Å²) in [6.07, 6.45) is 0. The fourth-order valence-corrected chi connectivity index (χ4v) is 1.96. The topological polar surface area (TPSA) is 54.4 Å². The zero-order valence-corrected chi connectivity index (χ0v) is 6.65. The summed E-state index contributed by atoms with van der Waals surface area (Å²) in [6, 6.07) is 1.67. The van der Waals surface area contributed by atoms with Gasteiger partial charge in [0.25, 0.3) is 10.1 Å². The molecule has 3 nitrogen and oxygen atoms in total. The average Bonchev–Trinajstić information content (AvgIpc) is 2.12. The van der Waals surface area contributed by atoms with Crippen molar-refractivity contribution in [2.75, 3.05) is 0 Å². The fraction of sp³-hybridized carbons (Fsp3) is 0.200. The first-order chi connectivity index (χ1) is 4.58. The molecule has 11 heavy (non-hydrogen) atoms. The van der Waals surface area contributed by atoms with E-state index in [2.05, 4.69) is 0 Å². The Morgan fingerprint density at radius 1 is 1.55 bits per heavy atom. The molecule has 0 fully saturated rings. The normalized spacial score (nSPS) is 10.6. The van der Waals surface area contributed by atoms with E-state index in [-0.39, 0.29) is 35.3 Å². The van der Waals surface area contributed by atoms with Crippen molar-refractivity contribution in [2.45, 2.75) is 5.75 Å². The van der Waals surface area contributed by atoms with Gasteiger partial charge < -0.3 is 0 Å². The second-order valence-electron chi connectivity index (χ2n) is 1.86. The van der Waals surface area contributed by atoms with Crippen molar-refractivity contribution in [1.82, 2.24) is 0 Å². The van der Waals surface area contributed by atoms with E-state index in [1.807, 2.05) is 0 Å². The van der Waals surface area contributed by atoms with Gasteiger partial charge in [0, 0.05) is 0 Å². The molecule has 58 valence electrons. The van der Waals surface area contributed by atoms with Crippen LogP contribution in [-0.2, 0) is 15.9 Å². The minimum absolute atomic E-state index is 0. The van der Waals surface area contributed by atoms with Gasteiger partial charge in [-0.2, -0.15) is 19.8 Å². The van der Waals surface area contributed by atoms with Gasteiger partial charge in [0.05, 0.1) is 0 Å². The second kappa shape index (κ2) is 4.59. The van der Waals surface area contributed by atoms with Gasteiger partial charge in [0.2, 0.25) is 0 Å². The number of rotatable bonds is 2. The first kappa shape index (κ1) is 11.6. The van der Waals surface area contributed by atoms with Gasteiger partial charge in [0.15, 0.2) is 0 Å². The van der Waals surface area contributed by atoms with Crippen molar-refractivity contribution >= 4 is 51.0 Å². The van der Waals surface area contributed by atoms with Crippen LogP contribution in [0.3, 0.4) is 0 Å². The molecule has 1 aromatic rings. The monoisotopic (exact) mass is 202 g/mol. The van der Waals surface area contributed by atoms with Crippen LogP contribution >= 0.6 is 11.3 Å². The summed E-state index contributed by atoms with van der Waals surface area (Å²) in [4.78, 5) is 0. The summed E-state index contributed by atoms with van der Waals surface area (Å²) >= 11 is 1.40. The summed E-state index contributed by atoms with van der Waals surface area (Å²) in [7, 11) is -3.84. The summed E-state index contributed by atoms with van der Waals surface area (Å²) in [5.41, 5.74) is 0.632. The van der Waals surface area contributed by atoms with Crippen molar-refractivity contribution in [1.29, 1.82) is 0 Å². The molecule has 0 radical (unpaired) electrons. The molecule has 0 aliphatic carbocycles. The van der Waals surface area contributed by atoms with Gasteiger partial charge in [-0.1, -0.05) is 0 Å². The van der Waals surface area contributed by atoms with Crippen LogP contribution in [-0.4, -0.2) is 42.5 Å². The van der Waals surface area contributed by atoms with Gasteiger partial charge in [-0.15, -0.1) is 0 Å². The summed E-state index contributed by atoms with van der Waals surface area (Å²) in [6.45, 7) is 0. The van der Waals surface area contributed by atoms with Crippen molar-refractivity contribution in [3.63, 3.8) is 0 Å². The van der Waals surface area contributed by atoms with Gasteiger partial charge in [-0.05, 0) is 22.4 Å². The summed E-state index contributed by atoms with van der Waals surface area (Å²) < 4.78 is 28.9. The third-order valence-corrected chi connectivity index (χ3v) is 2.36. The second-order valence-corrected chi connectivity index (χ2v) is 4.09. The Hall–Kier alpha value is 0.610. The Kier molecular flexibility index (Phi) is 4.85. The molecule has 6 heteroatoms. The van der Waals surface area contributed by atoms with E-state index >= 15 is 0 Å². The quantitative estimate of drug-likeness (QED) is 0.561. The minimum atomic E-state index is -3.84. The molecule has 0 saturated carbocycles. The molecule has 0 atom stereocenters. The Bertz CT molecular complexity index is 290. The van der Waals surface area contributed by atoms with E-state index in [4.69, 9.17) is 4.55 Å². The number of hydrogen-bond acceptors (Lipinski definition) is 3. The molecule has 1 aromatic heterocycles. The van der Waals surface area contributed by atoms with Gasteiger partial charge >= 0.3 is 29.6 Å². The summed E-state index contributed by atoms with van der Waals surface area (Å²) in [5, 5.41) is 3.45. The number of thiophene rings is 1. The molecule has 1 N–H and O–H groups in total. The predicted octanol–water partition coefficient (Wildman–Crippen LogP) is 0.487. The van der Waals surface area contributed by atoms with Crippen molar-refractivity contribution < 1.29 is 13.0 Å². The third-order valence-electron chi connectivity index (χ3n) is 0.929. The van der Waals surface area contributed by atoms with Gasteiger partial charge in [-0.25, -0.2) is 0 Å². The van der Waals surface area contributed by atoms with Crippen LogP contribution in [0.15, 0.2) is 16.8 Å². The molecule has 1 rings (SSSR count). The Morgan fingerprint density at radius 3 is 2.55 bits per heavy atom. The Labute approximate surface area is 91.5 Å².